The minimum atomic E-state index is -0.987. The molecule has 1 aliphatic heterocycles. The normalized spacial score (nSPS) is 16.6. The average Bonchev–Trinajstić information content (AvgIpc) is 2.96. The highest BCUT2D eigenvalue weighted by Gasteiger charge is 2.38. The molecule has 2 aromatic rings. The molecule has 2 aromatic carbocycles. The number of carbonyl (C=O) groups excluding carboxylic acids is 3. The standard InChI is InChI=1S/C18H15F2N3O3/c19-11-7-12(20)9-14(8-11)23-5-4-15(18(23)26)17(25)22-13-3-1-2-10(6-13)16(21)24/h1-3,6-9,15H,4-5H2,(H2,21,24)(H,22,25). The molecule has 26 heavy (non-hydrogen) atoms. The molecule has 3 N–H and O–H groups in total. The van der Waals surface area contributed by atoms with Crippen LogP contribution in [0.3, 0.4) is 0 Å². The van der Waals surface area contributed by atoms with E-state index in [-0.39, 0.29) is 24.2 Å². The van der Waals surface area contributed by atoms with Crippen LogP contribution in [0.25, 0.3) is 0 Å². The van der Waals surface area contributed by atoms with Crippen LogP contribution in [0.1, 0.15) is 16.8 Å². The molecular weight excluding hydrogens is 344 g/mol. The van der Waals surface area contributed by atoms with E-state index in [1.165, 1.54) is 17.0 Å². The van der Waals surface area contributed by atoms with Gasteiger partial charge in [-0.15, -0.1) is 0 Å². The summed E-state index contributed by atoms with van der Waals surface area (Å²) in [4.78, 5) is 37.2. The number of carbonyl (C=O) groups is 3. The summed E-state index contributed by atoms with van der Waals surface area (Å²) in [6.07, 6.45) is 0.207. The molecule has 1 fully saturated rings. The molecule has 1 unspecified atom stereocenters. The number of amides is 3. The van der Waals surface area contributed by atoms with E-state index in [1.54, 1.807) is 12.1 Å². The molecule has 0 radical (unpaired) electrons. The van der Waals surface area contributed by atoms with Crippen LogP contribution in [0.5, 0.6) is 0 Å². The first-order valence-corrected chi connectivity index (χ1v) is 7.83. The molecule has 0 aromatic heterocycles. The minimum absolute atomic E-state index is 0.0681. The zero-order valence-electron chi connectivity index (χ0n) is 13.5. The third kappa shape index (κ3) is 3.53. The van der Waals surface area contributed by atoms with E-state index in [4.69, 9.17) is 5.73 Å². The summed E-state index contributed by atoms with van der Waals surface area (Å²) in [5.41, 5.74) is 5.81. The number of hydrogen-bond donors (Lipinski definition) is 2. The summed E-state index contributed by atoms with van der Waals surface area (Å²) in [5.74, 6) is -4.33. The second kappa shape index (κ2) is 6.91. The van der Waals surface area contributed by atoms with Crippen LogP contribution in [-0.4, -0.2) is 24.3 Å². The smallest absolute Gasteiger partial charge is 0.248 e. The molecule has 0 saturated carbocycles. The number of primary amides is 1. The Kier molecular flexibility index (Phi) is 4.66. The SMILES string of the molecule is NC(=O)c1cccc(NC(=O)C2CCN(c3cc(F)cc(F)c3)C2=O)c1. The van der Waals surface area contributed by atoms with E-state index in [1.807, 2.05) is 0 Å². The molecule has 6 nitrogen and oxygen atoms in total. The van der Waals surface area contributed by atoms with Crippen molar-refractivity contribution in [3.05, 3.63) is 59.7 Å². The lowest BCUT2D eigenvalue weighted by Gasteiger charge is -2.17. The zero-order chi connectivity index (χ0) is 18.8. The molecule has 0 spiro atoms. The van der Waals surface area contributed by atoms with Crippen LogP contribution < -0.4 is 16.0 Å². The van der Waals surface area contributed by atoms with E-state index in [9.17, 15) is 23.2 Å². The van der Waals surface area contributed by atoms with Gasteiger partial charge in [0, 0.05) is 29.5 Å². The molecule has 0 bridgehead atoms. The summed E-state index contributed by atoms with van der Waals surface area (Å²) in [7, 11) is 0. The van der Waals surface area contributed by atoms with Crippen molar-refractivity contribution in [1.29, 1.82) is 0 Å². The van der Waals surface area contributed by atoms with Gasteiger partial charge >= 0.3 is 0 Å². The number of rotatable bonds is 4. The van der Waals surface area contributed by atoms with Gasteiger partial charge in [0.05, 0.1) is 0 Å². The number of anilines is 2. The zero-order valence-corrected chi connectivity index (χ0v) is 13.5. The van der Waals surface area contributed by atoms with E-state index in [2.05, 4.69) is 5.32 Å². The Morgan fingerprint density at radius 2 is 1.81 bits per heavy atom. The number of benzene rings is 2. The highest BCUT2D eigenvalue weighted by atomic mass is 19.1. The predicted molar refractivity (Wildman–Crippen MR) is 90.4 cm³/mol. The van der Waals surface area contributed by atoms with Gasteiger partial charge in [-0.1, -0.05) is 6.07 Å². The van der Waals surface area contributed by atoms with Gasteiger partial charge in [-0.2, -0.15) is 0 Å². The molecular formula is C18H15F2N3O3. The lowest BCUT2D eigenvalue weighted by atomic mass is 10.1. The molecule has 3 rings (SSSR count). The molecule has 3 amide bonds. The number of nitrogens with one attached hydrogen (secondary N) is 1. The van der Waals surface area contributed by atoms with Gasteiger partial charge in [-0.25, -0.2) is 8.78 Å². The highest BCUT2D eigenvalue weighted by Crippen LogP contribution is 2.27. The summed E-state index contributed by atoms with van der Waals surface area (Å²) in [6, 6.07) is 8.80. The maximum Gasteiger partial charge on any atom is 0.248 e. The van der Waals surface area contributed by atoms with Gasteiger partial charge in [0.15, 0.2) is 0 Å². The van der Waals surface area contributed by atoms with Crippen molar-refractivity contribution < 1.29 is 23.2 Å². The van der Waals surface area contributed by atoms with Gasteiger partial charge in [0.25, 0.3) is 0 Å². The first-order chi connectivity index (χ1) is 12.3. The van der Waals surface area contributed by atoms with Crippen LogP contribution in [0.15, 0.2) is 42.5 Å². The molecule has 8 heteroatoms. The Hall–Kier alpha value is -3.29. The monoisotopic (exact) mass is 359 g/mol. The predicted octanol–water partition coefficient (Wildman–Crippen LogP) is 2.06. The average molecular weight is 359 g/mol. The number of halogens is 2. The van der Waals surface area contributed by atoms with E-state index >= 15 is 0 Å². The van der Waals surface area contributed by atoms with Crippen molar-refractivity contribution in [3.63, 3.8) is 0 Å². The summed E-state index contributed by atoms with van der Waals surface area (Å²) < 4.78 is 26.7. The van der Waals surface area contributed by atoms with Crippen LogP contribution in [-0.2, 0) is 9.59 Å². The number of nitrogens with two attached hydrogens (primary N) is 1. The van der Waals surface area contributed by atoms with Gasteiger partial charge in [-0.3, -0.25) is 14.4 Å². The quantitative estimate of drug-likeness (QED) is 0.819. The van der Waals surface area contributed by atoms with Crippen LogP contribution >= 0.6 is 0 Å². The van der Waals surface area contributed by atoms with Crippen molar-refractivity contribution in [1.82, 2.24) is 0 Å². The van der Waals surface area contributed by atoms with Gasteiger partial charge in [0.2, 0.25) is 17.7 Å². The second-order valence-corrected chi connectivity index (χ2v) is 5.89. The summed E-state index contributed by atoms with van der Waals surface area (Å²) in [5, 5.41) is 2.56. The number of nitrogens with zero attached hydrogens (tertiary/aromatic N) is 1. The maximum absolute atomic E-state index is 13.4. The summed E-state index contributed by atoms with van der Waals surface area (Å²) in [6.45, 7) is 0.168. The first kappa shape index (κ1) is 17.5. The maximum atomic E-state index is 13.4. The Morgan fingerprint density at radius 3 is 2.46 bits per heavy atom. The van der Waals surface area contributed by atoms with Gasteiger partial charge in [0.1, 0.15) is 17.6 Å². The Morgan fingerprint density at radius 1 is 1.12 bits per heavy atom. The Labute approximate surface area is 147 Å². The first-order valence-electron chi connectivity index (χ1n) is 7.83. The third-order valence-corrected chi connectivity index (χ3v) is 4.10. The molecule has 1 atom stereocenters. The Bertz CT molecular complexity index is 881. The van der Waals surface area contributed by atoms with Gasteiger partial charge in [-0.05, 0) is 36.8 Å². The van der Waals surface area contributed by atoms with Crippen molar-refractivity contribution >= 4 is 29.1 Å². The lowest BCUT2D eigenvalue weighted by molar-refractivity contribution is -0.129. The fourth-order valence-electron chi connectivity index (χ4n) is 2.85. The fraction of sp³-hybridized carbons (Fsp3) is 0.167. The van der Waals surface area contributed by atoms with E-state index < -0.39 is 35.3 Å². The van der Waals surface area contributed by atoms with Gasteiger partial charge < -0.3 is 16.0 Å². The second-order valence-electron chi connectivity index (χ2n) is 5.89. The fourth-order valence-corrected chi connectivity index (χ4v) is 2.85. The molecule has 1 heterocycles. The third-order valence-electron chi connectivity index (χ3n) is 4.10. The van der Waals surface area contributed by atoms with Crippen molar-refractivity contribution in [2.45, 2.75) is 6.42 Å². The van der Waals surface area contributed by atoms with Crippen molar-refractivity contribution in [2.75, 3.05) is 16.8 Å². The molecule has 0 aliphatic carbocycles. The highest BCUT2D eigenvalue weighted by molar-refractivity contribution is 6.13. The molecule has 134 valence electrons. The van der Waals surface area contributed by atoms with Crippen LogP contribution in [0, 0.1) is 17.6 Å². The lowest BCUT2D eigenvalue weighted by Crippen LogP contribution is -2.33. The number of hydrogen-bond acceptors (Lipinski definition) is 3. The van der Waals surface area contributed by atoms with Crippen molar-refractivity contribution in [2.24, 2.45) is 11.7 Å². The molecule has 1 saturated heterocycles. The van der Waals surface area contributed by atoms with E-state index in [0.29, 0.717) is 11.8 Å². The van der Waals surface area contributed by atoms with Crippen LogP contribution in [0.4, 0.5) is 20.2 Å². The topological polar surface area (TPSA) is 92.5 Å². The molecule has 1 aliphatic rings. The van der Waals surface area contributed by atoms with Crippen LogP contribution in [0.2, 0.25) is 0 Å². The largest absolute Gasteiger partial charge is 0.366 e. The minimum Gasteiger partial charge on any atom is -0.366 e. The van der Waals surface area contributed by atoms with Crippen molar-refractivity contribution in [3.8, 4) is 0 Å². The van der Waals surface area contributed by atoms with E-state index in [0.717, 1.165) is 12.1 Å². The summed E-state index contributed by atoms with van der Waals surface area (Å²) >= 11 is 0. The Balaban J connectivity index is 1.74.